The zero-order chi connectivity index (χ0) is 11.5. The molecule has 0 bridgehead atoms. The maximum Gasteiger partial charge on any atom is 0.417 e. The Morgan fingerprint density at radius 3 is 2.53 bits per heavy atom. The van der Waals surface area contributed by atoms with Crippen molar-refractivity contribution in [3.05, 3.63) is 28.8 Å². The molecule has 0 saturated carbocycles. The van der Waals surface area contributed by atoms with Crippen LogP contribution >= 0.6 is 11.6 Å². The van der Waals surface area contributed by atoms with Crippen molar-refractivity contribution in [2.45, 2.75) is 6.18 Å². The molecule has 0 aliphatic rings. The maximum absolute atomic E-state index is 12.4. The lowest BCUT2D eigenvalue weighted by Crippen LogP contribution is -2.14. The van der Waals surface area contributed by atoms with Gasteiger partial charge in [-0.2, -0.15) is 13.2 Å². The second-order valence-corrected chi connectivity index (χ2v) is 3.32. The predicted molar refractivity (Wildman–Crippen MR) is 54.0 cm³/mol. The van der Waals surface area contributed by atoms with E-state index in [4.69, 9.17) is 17.3 Å². The van der Waals surface area contributed by atoms with Crippen molar-refractivity contribution < 1.29 is 13.2 Å². The van der Waals surface area contributed by atoms with Crippen molar-refractivity contribution >= 4 is 17.3 Å². The van der Waals surface area contributed by atoms with E-state index in [1.54, 1.807) is 0 Å². The average Bonchev–Trinajstić information content (AvgIpc) is 2.15. The lowest BCUT2D eigenvalue weighted by atomic mass is 10.2. The summed E-state index contributed by atoms with van der Waals surface area (Å²) in [5, 5.41) is 2.45. The van der Waals surface area contributed by atoms with Crippen LogP contribution in [0.5, 0.6) is 0 Å². The molecule has 0 spiro atoms. The van der Waals surface area contributed by atoms with Crippen molar-refractivity contribution in [1.82, 2.24) is 0 Å². The topological polar surface area (TPSA) is 38.0 Å². The van der Waals surface area contributed by atoms with Gasteiger partial charge < -0.3 is 11.1 Å². The number of anilines is 1. The van der Waals surface area contributed by atoms with Crippen molar-refractivity contribution in [1.29, 1.82) is 0 Å². The van der Waals surface area contributed by atoms with Gasteiger partial charge in [-0.15, -0.1) is 0 Å². The summed E-state index contributed by atoms with van der Waals surface area (Å²) >= 11 is 5.44. The van der Waals surface area contributed by atoms with Crippen LogP contribution < -0.4 is 11.1 Å². The molecular formula is C9H10ClF3N2. The van der Waals surface area contributed by atoms with Gasteiger partial charge in [0.15, 0.2) is 0 Å². The molecule has 1 rings (SSSR count). The van der Waals surface area contributed by atoms with Crippen molar-refractivity contribution in [2.24, 2.45) is 5.73 Å². The third-order valence-corrected chi connectivity index (χ3v) is 2.07. The van der Waals surface area contributed by atoms with Gasteiger partial charge in [-0.3, -0.25) is 0 Å². The highest BCUT2D eigenvalue weighted by Crippen LogP contribution is 2.36. The van der Waals surface area contributed by atoms with E-state index in [9.17, 15) is 13.2 Å². The highest BCUT2D eigenvalue weighted by Gasteiger charge is 2.33. The summed E-state index contributed by atoms with van der Waals surface area (Å²) in [5.74, 6) is 0. The van der Waals surface area contributed by atoms with Gasteiger partial charge in [0.05, 0.1) is 10.6 Å². The van der Waals surface area contributed by atoms with Crippen LogP contribution in [0.4, 0.5) is 18.9 Å². The van der Waals surface area contributed by atoms with Gasteiger partial charge in [-0.25, -0.2) is 0 Å². The molecule has 0 heterocycles. The van der Waals surface area contributed by atoms with E-state index in [0.717, 1.165) is 6.07 Å². The first kappa shape index (κ1) is 12.1. The van der Waals surface area contributed by atoms with E-state index in [1.807, 2.05) is 0 Å². The average molecular weight is 239 g/mol. The van der Waals surface area contributed by atoms with E-state index in [2.05, 4.69) is 5.32 Å². The van der Waals surface area contributed by atoms with Crippen LogP contribution in [0, 0.1) is 0 Å². The number of alkyl halides is 3. The molecule has 3 N–H and O–H groups in total. The van der Waals surface area contributed by atoms with Crippen LogP contribution in [-0.2, 0) is 6.18 Å². The Bertz CT molecular complexity index is 339. The molecule has 84 valence electrons. The minimum absolute atomic E-state index is 0.305. The van der Waals surface area contributed by atoms with E-state index in [0.29, 0.717) is 18.8 Å². The standard InChI is InChI=1S/C9H10ClF3N2/c10-8-2-1-6(15-4-3-14)5-7(8)9(11,12)13/h1-2,5,15H,3-4,14H2. The molecule has 0 aliphatic carbocycles. The highest BCUT2D eigenvalue weighted by molar-refractivity contribution is 6.31. The fourth-order valence-electron chi connectivity index (χ4n) is 1.07. The maximum atomic E-state index is 12.4. The molecule has 0 amide bonds. The van der Waals surface area contributed by atoms with Gasteiger partial charge in [-0.1, -0.05) is 11.6 Å². The van der Waals surface area contributed by atoms with Crippen LogP contribution in [0.15, 0.2) is 18.2 Å². The second kappa shape index (κ2) is 4.72. The molecule has 0 fully saturated rings. The molecule has 0 saturated heterocycles. The summed E-state index contributed by atoms with van der Waals surface area (Å²) in [6.45, 7) is 0.767. The number of nitrogens with two attached hydrogens (primary N) is 1. The molecule has 0 atom stereocenters. The molecule has 15 heavy (non-hydrogen) atoms. The molecule has 0 radical (unpaired) electrons. The number of hydrogen-bond acceptors (Lipinski definition) is 2. The third kappa shape index (κ3) is 3.28. The monoisotopic (exact) mass is 238 g/mol. The number of benzene rings is 1. The van der Waals surface area contributed by atoms with Crippen molar-refractivity contribution in [2.75, 3.05) is 18.4 Å². The second-order valence-electron chi connectivity index (χ2n) is 2.91. The molecule has 1 aromatic carbocycles. The Kier molecular flexibility index (Phi) is 3.82. The van der Waals surface area contributed by atoms with E-state index < -0.39 is 11.7 Å². The molecular weight excluding hydrogens is 229 g/mol. The lowest BCUT2D eigenvalue weighted by molar-refractivity contribution is -0.137. The van der Waals surface area contributed by atoms with Crippen molar-refractivity contribution in [3.8, 4) is 0 Å². The number of nitrogens with one attached hydrogen (secondary N) is 1. The van der Waals surface area contributed by atoms with E-state index in [1.165, 1.54) is 12.1 Å². The summed E-state index contributed by atoms with van der Waals surface area (Å²) in [4.78, 5) is 0. The Balaban J connectivity index is 2.95. The molecule has 0 aliphatic heterocycles. The first-order valence-electron chi connectivity index (χ1n) is 4.26. The van der Waals surface area contributed by atoms with Gasteiger partial charge in [0.2, 0.25) is 0 Å². The molecule has 0 aromatic heterocycles. The molecule has 2 nitrogen and oxygen atoms in total. The lowest BCUT2D eigenvalue weighted by Gasteiger charge is -2.11. The number of rotatable bonds is 3. The summed E-state index contributed by atoms with van der Waals surface area (Å²) in [7, 11) is 0. The first-order chi connectivity index (χ1) is 6.95. The summed E-state index contributed by atoms with van der Waals surface area (Å²) in [6.07, 6.45) is -4.43. The Morgan fingerprint density at radius 2 is 2.00 bits per heavy atom. The van der Waals surface area contributed by atoms with Crippen LogP contribution in [0.2, 0.25) is 5.02 Å². The number of halogens is 4. The fourth-order valence-corrected chi connectivity index (χ4v) is 1.29. The summed E-state index contributed by atoms with van der Waals surface area (Å²) < 4.78 is 37.2. The van der Waals surface area contributed by atoms with Crippen LogP contribution in [0.3, 0.4) is 0 Å². The smallest absolute Gasteiger partial charge is 0.384 e. The predicted octanol–water partition coefficient (Wildman–Crippen LogP) is 2.73. The van der Waals surface area contributed by atoms with Gasteiger partial charge >= 0.3 is 6.18 Å². The Morgan fingerprint density at radius 1 is 1.33 bits per heavy atom. The number of hydrogen-bond donors (Lipinski definition) is 2. The molecule has 0 unspecified atom stereocenters. The van der Waals surface area contributed by atoms with Gasteiger partial charge in [0, 0.05) is 18.8 Å². The van der Waals surface area contributed by atoms with Crippen molar-refractivity contribution in [3.63, 3.8) is 0 Å². The van der Waals surface area contributed by atoms with Gasteiger partial charge in [0.25, 0.3) is 0 Å². The van der Waals surface area contributed by atoms with Gasteiger partial charge in [-0.05, 0) is 18.2 Å². The minimum atomic E-state index is -4.43. The van der Waals surface area contributed by atoms with E-state index >= 15 is 0 Å². The normalized spacial score (nSPS) is 11.5. The largest absolute Gasteiger partial charge is 0.417 e. The zero-order valence-electron chi connectivity index (χ0n) is 7.74. The quantitative estimate of drug-likeness (QED) is 0.850. The molecule has 1 aromatic rings. The highest BCUT2D eigenvalue weighted by atomic mass is 35.5. The summed E-state index contributed by atoms with van der Waals surface area (Å²) in [6, 6.07) is 3.66. The fraction of sp³-hybridized carbons (Fsp3) is 0.333. The Labute approximate surface area is 90.2 Å². The third-order valence-electron chi connectivity index (χ3n) is 1.75. The molecule has 6 heteroatoms. The van der Waals surface area contributed by atoms with Crippen LogP contribution in [0.1, 0.15) is 5.56 Å². The first-order valence-corrected chi connectivity index (χ1v) is 4.63. The zero-order valence-corrected chi connectivity index (χ0v) is 8.49. The minimum Gasteiger partial charge on any atom is -0.384 e. The summed E-state index contributed by atoms with van der Waals surface area (Å²) in [5.41, 5.74) is 4.74. The SMILES string of the molecule is NCCNc1ccc(Cl)c(C(F)(F)F)c1. The van der Waals surface area contributed by atoms with Crippen LogP contribution in [0.25, 0.3) is 0 Å². The van der Waals surface area contributed by atoms with Gasteiger partial charge in [0.1, 0.15) is 0 Å². The van der Waals surface area contributed by atoms with Crippen LogP contribution in [-0.4, -0.2) is 13.1 Å². The Hall–Kier alpha value is -0.940. The van der Waals surface area contributed by atoms with E-state index in [-0.39, 0.29) is 5.02 Å².